The van der Waals surface area contributed by atoms with Crippen molar-refractivity contribution in [2.45, 2.75) is 19.9 Å². The van der Waals surface area contributed by atoms with E-state index in [4.69, 9.17) is 4.42 Å². The number of para-hydroxylation sites is 2. The number of hydrogen-bond donors (Lipinski definition) is 3. The number of rotatable bonds is 6. The fourth-order valence-corrected chi connectivity index (χ4v) is 3.38. The van der Waals surface area contributed by atoms with Gasteiger partial charge in [-0.25, -0.2) is 0 Å². The van der Waals surface area contributed by atoms with Crippen LogP contribution in [0.5, 0.6) is 0 Å². The molecule has 6 nitrogen and oxygen atoms in total. The third-order valence-electron chi connectivity index (χ3n) is 4.81. The molecule has 0 bridgehead atoms. The van der Waals surface area contributed by atoms with Crippen LogP contribution < -0.4 is 10.6 Å². The molecular formula is C23H21N3O3. The number of carbonyl (C=O) groups is 2. The van der Waals surface area contributed by atoms with E-state index in [9.17, 15) is 9.59 Å². The maximum atomic E-state index is 12.7. The predicted molar refractivity (Wildman–Crippen MR) is 112 cm³/mol. The first kappa shape index (κ1) is 18.6. The smallest absolute Gasteiger partial charge is 0.253 e. The maximum Gasteiger partial charge on any atom is 0.253 e. The summed E-state index contributed by atoms with van der Waals surface area (Å²) in [5.41, 5.74) is 3.81. The van der Waals surface area contributed by atoms with E-state index in [0.29, 0.717) is 17.0 Å². The summed E-state index contributed by atoms with van der Waals surface area (Å²) < 4.78 is 5.23. The van der Waals surface area contributed by atoms with Gasteiger partial charge in [-0.2, -0.15) is 0 Å². The Morgan fingerprint density at radius 3 is 2.62 bits per heavy atom. The van der Waals surface area contributed by atoms with Crippen molar-refractivity contribution < 1.29 is 14.0 Å². The first-order valence-electron chi connectivity index (χ1n) is 9.37. The number of fused-ring (bicyclic) bond motifs is 1. The zero-order valence-corrected chi connectivity index (χ0v) is 16.0. The maximum absolute atomic E-state index is 12.7. The second-order valence-corrected chi connectivity index (χ2v) is 6.81. The van der Waals surface area contributed by atoms with E-state index >= 15 is 0 Å². The minimum absolute atomic E-state index is 0.177. The van der Waals surface area contributed by atoms with Crippen molar-refractivity contribution in [3.63, 3.8) is 0 Å². The van der Waals surface area contributed by atoms with Gasteiger partial charge in [0.05, 0.1) is 30.5 Å². The van der Waals surface area contributed by atoms with E-state index in [-0.39, 0.29) is 24.8 Å². The van der Waals surface area contributed by atoms with E-state index in [0.717, 1.165) is 22.2 Å². The third-order valence-corrected chi connectivity index (χ3v) is 4.81. The molecule has 0 unspecified atom stereocenters. The number of furan rings is 1. The predicted octanol–water partition coefficient (Wildman–Crippen LogP) is 4.18. The van der Waals surface area contributed by atoms with Gasteiger partial charge in [-0.05, 0) is 42.8 Å². The Morgan fingerprint density at radius 2 is 1.79 bits per heavy atom. The summed E-state index contributed by atoms with van der Waals surface area (Å²) >= 11 is 0. The highest BCUT2D eigenvalue weighted by Crippen LogP contribution is 2.23. The van der Waals surface area contributed by atoms with E-state index in [2.05, 4.69) is 15.6 Å². The molecule has 3 N–H and O–H groups in total. The quantitative estimate of drug-likeness (QED) is 0.464. The van der Waals surface area contributed by atoms with Gasteiger partial charge in [0.25, 0.3) is 5.91 Å². The van der Waals surface area contributed by atoms with E-state index < -0.39 is 0 Å². The highest BCUT2D eigenvalue weighted by Gasteiger charge is 2.16. The van der Waals surface area contributed by atoms with Gasteiger partial charge in [-0.15, -0.1) is 0 Å². The molecule has 4 aromatic rings. The fourth-order valence-electron chi connectivity index (χ4n) is 3.38. The molecule has 0 radical (unpaired) electrons. The molecule has 4 rings (SSSR count). The summed E-state index contributed by atoms with van der Waals surface area (Å²) in [7, 11) is 0. The number of hydrogen-bond acceptors (Lipinski definition) is 3. The van der Waals surface area contributed by atoms with Crippen LogP contribution in [0.15, 0.2) is 71.3 Å². The number of aromatic amines is 1. The molecule has 29 heavy (non-hydrogen) atoms. The largest absolute Gasteiger partial charge is 0.467 e. The first-order chi connectivity index (χ1) is 14.1. The molecule has 0 aliphatic heterocycles. The minimum atomic E-state index is -0.277. The molecule has 2 amide bonds. The average molecular weight is 387 g/mol. The molecule has 0 saturated heterocycles. The van der Waals surface area contributed by atoms with Gasteiger partial charge in [0.2, 0.25) is 5.91 Å². The third kappa shape index (κ3) is 4.06. The highest BCUT2D eigenvalue weighted by atomic mass is 16.3. The molecule has 0 aliphatic rings. The molecule has 0 aliphatic carbocycles. The fraction of sp³-hybridized carbons (Fsp3) is 0.130. The average Bonchev–Trinajstić information content (AvgIpc) is 3.35. The number of anilines is 1. The van der Waals surface area contributed by atoms with Crippen LogP contribution in [-0.4, -0.2) is 16.8 Å². The van der Waals surface area contributed by atoms with Gasteiger partial charge >= 0.3 is 0 Å². The van der Waals surface area contributed by atoms with Crippen molar-refractivity contribution in [1.82, 2.24) is 10.3 Å². The van der Waals surface area contributed by atoms with Gasteiger partial charge in [0.15, 0.2) is 0 Å². The summed E-state index contributed by atoms with van der Waals surface area (Å²) in [6, 6.07) is 18.4. The van der Waals surface area contributed by atoms with Crippen molar-refractivity contribution in [1.29, 1.82) is 0 Å². The zero-order chi connectivity index (χ0) is 20.2. The van der Waals surface area contributed by atoms with Crippen molar-refractivity contribution in [3.05, 3.63) is 89.5 Å². The standard InChI is InChI=1S/C23H21N3O3/c1-15-19(17-8-2-4-10-20(17)25-15)13-22(27)26-21-11-5-3-9-18(21)23(28)24-14-16-7-6-12-29-16/h2-12,25H,13-14H2,1H3,(H,24,28)(H,26,27). The van der Waals surface area contributed by atoms with Crippen LogP contribution in [0.1, 0.15) is 27.4 Å². The van der Waals surface area contributed by atoms with Crippen molar-refractivity contribution in [2.24, 2.45) is 0 Å². The minimum Gasteiger partial charge on any atom is -0.467 e. The molecule has 0 saturated carbocycles. The van der Waals surface area contributed by atoms with Crippen LogP contribution in [-0.2, 0) is 17.8 Å². The van der Waals surface area contributed by atoms with Gasteiger partial charge < -0.3 is 20.0 Å². The second kappa shape index (κ2) is 8.06. The van der Waals surface area contributed by atoms with Crippen molar-refractivity contribution in [2.75, 3.05) is 5.32 Å². The van der Waals surface area contributed by atoms with Gasteiger partial charge in [0.1, 0.15) is 5.76 Å². The molecule has 0 atom stereocenters. The summed E-state index contributed by atoms with van der Waals surface area (Å²) in [4.78, 5) is 28.6. The van der Waals surface area contributed by atoms with Gasteiger partial charge in [-0.1, -0.05) is 30.3 Å². The summed E-state index contributed by atoms with van der Waals surface area (Å²) in [5, 5.41) is 6.71. The Bertz CT molecular complexity index is 1160. The monoisotopic (exact) mass is 387 g/mol. The van der Waals surface area contributed by atoms with Crippen LogP contribution in [0.25, 0.3) is 10.9 Å². The number of aromatic nitrogens is 1. The first-order valence-corrected chi connectivity index (χ1v) is 9.37. The van der Waals surface area contributed by atoms with Gasteiger partial charge in [0, 0.05) is 16.6 Å². The Kier molecular flexibility index (Phi) is 5.16. The van der Waals surface area contributed by atoms with E-state index in [1.54, 1.807) is 42.7 Å². The normalized spacial score (nSPS) is 10.8. The lowest BCUT2D eigenvalue weighted by atomic mass is 10.1. The second-order valence-electron chi connectivity index (χ2n) is 6.81. The number of carbonyl (C=O) groups excluding carboxylic acids is 2. The zero-order valence-electron chi connectivity index (χ0n) is 16.0. The van der Waals surface area contributed by atoms with Gasteiger partial charge in [-0.3, -0.25) is 9.59 Å². The molecule has 0 spiro atoms. The number of H-pyrrole nitrogens is 1. The molecule has 2 aromatic carbocycles. The highest BCUT2D eigenvalue weighted by molar-refractivity contribution is 6.04. The van der Waals surface area contributed by atoms with Crippen molar-refractivity contribution >= 4 is 28.4 Å². The molecule has 2 heterocycles. The van der Waals surface area contributed by atoms with Crippen LogP contribution in [0.3, 0.4) is 0 Å². The SMILES string of the molecule is Cc1[nH]c2ccccc2c1CC(=O)Nc1ccccc1C(=O)NCc1ccco1. The summed E-state index contributed by atoms with van der Waals surface area (Å²) in [6.07, 6.45) is 1.78. The Morgan fingerprint density at radius 1 is 1.00 bits per heavy atom. The Labute approximate surface area is 167 Å². The van der Waals surface area contributed by atoms with Crippen LogP contribution >= 0.6 is 0 Å². The molecule has 2 aromatic heterocycles. The van der Waals surface area contributed by atoms with Crippen LogP contribution in [0.2, 0.25) is 0 Å². The number of aryl methyl sites for hydroxylation is 1. The van der Waals surface area contributed by atoms with Crippen LogP contribution in [0, 0.1) is 6.92 Å². The molecule has 6 heteroatoms. The number of nitrogens with one attached hydrogen (secondary N) is 3. The van der Waals surface area contributed by atoms with E-state index in [1.807, 2.05) is 31.2 Å². The summed E-state index contributed by atoms with van der Waals surface area (Å²) in [5.74, 6) is 0.208. The Hall–Kier alpha value is -3.80. The van der Waals surface area contributed by atoms with Crippen molar-refractivity contribution in [3.8, 4) is 0 Å². The molecular weight excluding hydrogens is 366 g/mol. The lowest BCUT2D eigenvalue weighted by Crippen LogP contribution is -2.25. The molecule has 146 valence electrons. The lowest BCUT2D eigenvalue weighted by molar-refractivity contribution is -0.115. The number of benzene rings is 2. The van der Waals surface area contributed by atoms with E-state index in [1.165, 1.54) is 0 Å². The number of amides is 2. The summed E-state index contributed by atoms with van der Waals surface area (Å²) in [6.45, 7) is 2.24. The Balaban J connectivity index is 1.48. The topological polar surface area (TPSA) is 87.1 Å². The lowest BCUT2D eigenvalue weighted by Gasteiger charge is -2.11. The van der Waals surface area contributed by atoms with Crippen LogP contribution in [0.4, 0.5) is 5.69 Å². The molecule has 0 fully saturated rings.